The Bertz CT molecular complexity index is 221. The first kappa shape index (κ1) is 15.3. The molecule has 2 rings (SSSR count). The molecule has 1 heterocycles. The largest absolute Gasteiger partial charge is 0.353 e. The standard InChI is InChI=1S/C16H31NO2/c1-2-17-13-15-8-6-14(7-9-15)10-12-19-16-5-3-4-11-18-16/h14-17H,2-13H2,1H3. The van der Waals surface area contributed by atoms with Crippen LogP contribution >= 0.6 is 0 Å². The Labute approximate surface area is 118 Å². The molecule has 1 saturated carbocycles. The van der Waals surface area contributed by atoms with E-state index in [0.717, 1.165) is 38.0 Å². The van der Waals surface area contributed by atoms with Crippen LogP contribution in [0.25, 0.3) is 0 Å². The summed E-state index contributed by atoms with van der Waals surface area (Å²) in [6, 6.07) is 0. The zero-order chi connectivity index (χ0) is 13.3. The molecule has 2 aliphatic rings. The second-order valence-corrected chi connectivity index (χ2v) is 6.15. The van der Waals surface area contributed by atoms with Gasteiger partial charge in [-0.2, -0.15) is 0 Å². The Morgan fingerprint density at radius 1 is 1.05 bits per heavy atom. The van der Waals surface area contributed by atoms with E-state index >= 15 is 0 Å². The summed E-state index contributed by atoms with van der Waals surface area (Å²) in [5.74, 6) is 1.81. The molecule has 1 aliphatic carbocycles. The SMILES string of the molecule is CCNCC1CCC(CCOC2CCCCO2)CC1. The molecule has 0 aromatic rings. The molecule has 1 atom stereocenters. The predicted octanol–water partition coefficient (Wildman–Crippen LogP) is 3.34. The van der Waals surface area contributed by atoms with E-state index in [0.29, 0.717) is 0 Å². The summed E-state index contributed by atoms with van der Waals surface area (Å²) in [6.07, 6.45) is 10.5. The van der Waals surface area contributed by atoms with Crippen molar-refractivity contribution in [2.45, 2.75) is 64.6 Å². The highest BCUT2D eigenvalue weighted by Gasteiger charge is 2.21. The van der Waals surface area contributed by atoms with E-state index in [9.17, 15) is 0 Å². The summed E-state index contributed by atoms with van der Waals surface area (Å²) in [5, 5.41) is 3.48. The Balaban J connectivity index is 1.50. The molecule has 3 nitrogen and oxygen atoms in total. The third kappa shape index (κ3) is 5.80. The van der Waals surface area contributed by atoms with Gasteiger partial charge in [-0.1, -0.05) is 19.8 Å². The second-order valence-electron chi connectivity index (χ2n) is 6.15. The van der Waals surface area contributed by atoms with Crippen molar-refractivity contribution in [2.75, 3.05) is 26.3 Å². The molecule has 0 amide bonds. The lowest BCUT2D eigenvalue weighted by molar-refractivity contribution is -0.164. The average Bonchev–Trinajstić information content (AvgIpc) is 2.47. The van der Waals surface area contributed by atoms with Gasteiger partial charge < -0.3 is 14.8 Å². The van der Waals surface area contributed by atoms with Crippen LogP contribution in [0.1, 0.15) is 58.3 Å². The van der Waals surface area contributed by atoms with E-state index < -0.39 is 0 Å². The first-order valence-electron chi connectivity index (χ1n) is 8.32. The van der Waals surface area contributed by atoms with Gasteiger partial charge >= 0.3 is 0 Å². The van der Waals surface area contributed by atoms with Crippen LogP contribution in [0.3, 0.4) is 0 Å². The monoisotopic (exact) mass is 269 g/mol. The van der Waals surface area contributed by atoms with E-state index in [4.69, 9.17) is 9.47 Å². The fraction of sp³-hybridized carbons (Fsp3) is 1.00. The minimum atomic E-state index is 0.0962. The van der Waals surface area contributed by atoms with Gasteiger partial charge in [0.25, 0.3) is 0 Å². The Morgan fingerprint density at radius 3 is 2.53 bits per heavy atom. The van der Waals surface area contributed by atoms with Gasteiger partial charge in [0.15, 0.2) is 6.29 Å². The molecule has 1 unspecified atom stereocenters. The summed E-state index contributed by atoms with van der Waals surface area (Å²) in [4.78, 5) is 0. The molecule has 0 aromatic heterocycles. The second kappa shape index (κ2) is 8.93. The van der Waals surface area contributed by atoms with Gasteiger partial charge in [-0.15, -0.1) is 0 Å². The highest BCUT2D eigenvalue weighted by molar-refractivity contribution is 4.74. The van der Waals surface area contributed by atoms with Gasteiger partial charge in [-0.3, -0.25) is 0 Å². The van der Waals surface area contributed by atoms with Crippen molar-refractivity contribution in [3.63, 3.8) is 0 Å². The molecule has 19 heavy (non-hydrogen) atoms. The van der Waals surface area contributed by atoms with E-state index in [1.807, 2.05) is 0 Å². The van der Waals surface area contributed by atoms with Crippen molar-refractivity contribution in [1.29, 1.82) is 0 Å². The van der Waals surface area contributed by atoms with Crippen LogP contribution in [-0.2, 0) is 9.47 Å². The van der Waals surface area contributed by atoms with Crippen LogP contribution in [0.15, 0.2) is 0 Å². The van der Waals surface area contributed by atoms with E-state index in [-0.39, 0.29) is 6.29 Å². The number of rotatable bonds is 7. The molecule has 2 fully saturated rings. The molecule has 0 spiro atoms. The van der Waals surface area contributed by atoms with Crippen molar-refractivity contribution in [3.05, 3.63) is 0 Å². The number of hydrogen-bond donors (Lipinski definition) is 1. The first-order valence-corrected chi connectivity index (χ1v) is 8.32. The maximum atomic E-state index is 5.84. The number of nitrogens with one attached hydrogen (secondary N) is 1. The average molecular weight is 269 g/mol. The zero-order valence-corrected chi connectivity index (χ0v) is 12.5. The molecule has 0 bridgehead atoms. The smallest absolute Gasteiger partial charge is 0.157 e. The van der Waals surface area contributed by atoms with Crippen LogP contribution < -0.4 is 5.32 Å². The predicted molar refractivity (Wildman–Crippen MR) is 78.2 cm³/mol. The van der Waals surface area contributed by atoms with Gasteiger partial charge in [0.2, 0.25) is 0 Å². The number of hydrogen-bond acceptors (Lipinski definition) is 3. The molecular weight excluding hydrogens is 238 g/mol. The van der Waals surface area contributed by atoms with Crippen LogP contribution in [-0.4, -0.2) is 32.6 Å². The van der Waals surface area contributed by atoms with Gasteiger partial charge in [-0.05, 0) is 63.5 Å². The Morgan fingerprint density at radius 2 is 1.84 bits per heavy atom. The van der Waals surface area contributed by atoms with Crippen molar-refractivity contribution in [3.8, 4) is 0 Å². The topological polar surface area (TPSA) is 30.5 Å². The van der Waals surface area contributed by atoms with Gasteiger partial charge in [-0.25, -0.2) is 0 Å². The first-order chi connectivity index (χ1) is 9.38. The maximum Gasteiger partial charge on any atom is 0.157 e. The van der Waals surface area contributed by atoms with Gasteiger partial charge in [0.05, 0.1) is 0 Å². The molecule has 112 valence electrons. The molecule has 3 heteroatoms. The summed E-state index contributed by atoms with van der Waals surface area (Å²) < 4.78 is 11.4. The summed E-state index contributed by atoms with van der Waals surface area (Å²) in [6.45, 7) is 6.30. The van der Waals surface area contributed by atoms with E-state index in [1.54, 1.807) is 0 Å². The van der Waals surface area contributed by atoms with Gasteiger partial charge in [0.1, 0.15) is 0 Å². The third-order valence-electron chi connectivity index (χ3n) is 4.62. The molecule has 0 radical (unpaired) electrons. The minimum absolute atomic E-state index is 0.0962. The lowest BCUT2D eigenvalue weighted by Gasteiger charge is -2.29. The summed E-state index contributed by atoms with van der Waals surface area (Å²) in [7, 11) is 0. The maximum absolute atomic E-state index is 5.84. The quantitative estimate of drug-likeness (QED) is 0.769. The summed E-state index contributed by atoms with van der Waals surface area (Å²) in [5.41, 5.74) is 0. The van der Waals surface area contributed by atoms with Crippen molar-refractivity contribution in [1.82, 2.24) is 5.32 Å². The molecule has 1 aliphatic heterocycles. The minimum Gasteiger partial charge on any atom is -0.353 e. The summed E-state index contributed by atoms with van der Waals surface area (Å²) >= 11 is 0. The Kier molecular flexibility index (Phi) is 7.18. The van der Waals surface area contributed by atoms with Gasteiger partial charge in [0, 0.05) is 13.2 Å². The fourth-order valence-corrected chi connectivity index (χ4v) is 3.28. The molecule has 1 saturated heterocycles. The Hall–Kier alpha value is -0.120. The van der Waals surface area contributed by atoms with Crippen LogP contribution in [0, 0.1) is 11.8 Å². The lowest BCUT2D eigenvalue weighted by atomic mass is 9.80. The molecular formula is C16H31NO2. The fourth-order valence-electron chi connectivity index (χ4n) is 3.28. The zero-order valence-electron chi connectivity index (χ0n) is 12.5. The van der Waals surface area contributed by atoms with E-state index in [2.05, 4.69) is 12.2 Å². The normalized spacial score (nSPS) is 32.4. The highest BCUT2D eigenvalue weighted by atomic mass is 16.7. The lowest BCUT2D eigenvalue weighted by Crippen LogP contribution is -2.27. The van der Waals surface area contributed by atoms with Crippen molar-refractivity contribution >= 4 is 0 Å². The van der Waals surface area contributed by atoms with Crippen molar-refractivity contribution in [2.24, 2.45) is 11.8 Å². The number of ether oxygens (including phenoxy) is 2. The van der Waals surface area contributed by atoms with Crippen molar-refractivity contribution < 1.29 is 9.47 Å². The van der Waals surface area contributed by atoms with Crippen LogP contribution in [0.5, 0.6) is 0 Å². The molecule has 1 N–H and O–H groups in total. The van der Waals surface area contributed by atoms with Crippen LogP contribution in [0.2, 0.25) is 0 Å². The van der Waals surface area contributed by atoms with E-state index in [1.165, 1.54) is 51.5 Å². The highest BCUT2D eigenvalue weighted by Crippen LogP contribution is 2.30. The third-order valence-corrected chi connectivity index (χ3v) is 4.62. The molecule has 0 aromatic carbocycles. The van der Waals surface area contributed by atoms with Crippen LogP contribution in [0.4, 0.5) is 0 Å².